The van der Waals surface area contributed by atoms with E-state index >= 15 is 0 Å². The Hall–Kier alpha value is -5.56. The first-order chi connectivity index (χ1) is 26.6. The van der Waals surface area contributed by atoms with Gasteiger partial charge in [-0.15, -0.1) is 0 Å². The fourth-order valence-electron chi connectivity index (χ4n) is 8.73. The summed E-state index contributed by atoms with van der Waals surface area (Å²) < 4.78 is 14.9. The van der Waals surface area contributed by atoms with Gasteiger partial charge >= 0.3 is 0 Å². The van der Waals surface area contributed by atoms with Crippen LogP contribution in [0.4, 0.5) is 0 Å². The number of nitrogens with zero attached hydrogens (tertiary/aromatic N) is 4. The molecule has 0 saturated carbocycles. The third-order valence-corrected chi connectivity index (χ3v) is 11.5. The normalized spacial score (nSPS) is 18.9. The van der Waals surface area contributed by atoms with E-state index in [0.717, 1.165) is 66.6 Å². The van der Waals surface area contributed by atoms with Crippen molar-refractivity contribution in [3.8, 4) is 34.3 Å². The van der Waals surface area contributed by atoms with Gasteiger partial charge < -0.3 is 9.47 Å². The standard InChI is InChI=1S/C48H46N4O2/c1-51-31-15-29-41(51)44(39-27-13-23-33-17-9-11-25-37(33)39)53-47-43(35-19-5-3-6-20-35)48(50-46(49-47)36-21-7-4-8-22-36)54-45(42-30-16-32-52(42)2)40-28-14-24-34-18-10-12-26-38(34)40/h3-14,17-28,41-42,44-45H,15-16,29-32H2,1-2H3/t41-,42-,44+,45+/m0/s1. The first-order valence-corrected chi connectivity index (χ1v) is 19.3. The van der Waals surface area contributed by atoms with Crippen LogP contribution in [0, 0.1) is 0 Å². The van der Waals surface area contributed by atoms with Crippen molar-refractivity contribution in [2.24, 2.45) is 0 Å². The molecule has 0 radical (unpaired) electrons. The maximum absolute atomic E-state index is 7.47. The zero-order chi connectivity index (χ0) is 36.4. The molecule has 2 aliphatic rings. The van der Waals surface area contributed by atoms with E-state index in [2.05, 4.69) is 145 Å². The molecule has 1 aromatic heterocycles. The van der Waals surface area contributed by atoms with Crippen molar-refractivity contribution >= 4 is 21.5 Å². The lowest BCUT2D eigenvalue weighted by atomic mass is 9.94. The molecule has 3 heterocycles. The molecule has 0 bridgehead atoms. The van der Waals surface area contributed by atoms with E-state index in [4.69, 9.17) is 19.4 Å². The molecular formula is C48H46N4O2. The predicted octanol–water partition coefficient (Wildman–Crippen LogP) is 10.5. The molecule has 4 atom stereocenters. The highest BCUT2D eigenvalue weighted by molar-refractivity contribution is 5.87. The summed E-state index contributed by atoms with van der Waals surface area (Å²) in [5.41, 5.74) is 4.96. The van der Waals surface area contributed by atoms with Crippen molar-refractivity contribution in [2.75, 3.05) is 27.2 Å². The van der Waals surface area contributed by atoms with Gasteiger partial charge in [-0.2, -0.15) is 9.97 Å². The molecule has 270 valence electrons. The monoisotopic (exact) mass is 710 g/mol. The number of ether oxygens (including phenoxy) is 2. The van der Waals surface area contributed by atoms with Gasteiger partial charge in [0.1, 0.15) is 17.8 Å². The summed E-state index contributed by atoms with van der Waals surface area (Å²) in [4.78, 5) is 15.5. The van der Waals surface area contributed by atoms with Gasteiger partial charge in [-0.25, -0.2) is 0 Å². The third-order valence-electron chi connectivity index (χ3n) is 11.5. The number of fused-ring (bicyclic) bond motifs is 2. The first kappa shape index (κ1) is 34.2. The first-order valence-electron chi connectivity index (χ1n) is 19.3. The fraction of sp³-hybridized carbons (Fsp3) is 0.250. The number of likely N-dealkylation sites (tertiary alicyclic amines) is 2. The molecule has 0 N–H and O–H groups in total. The van der Waals surface area contributed by atoms with Gasteiger partial charge in [-0.3, -0.25) is 9.80 Å². The maximum Gasteiger partial charge on any atom is 0.229 e. The highest BCUT2D eigenvalue weighted by Crippen LogP contribution is 2.45. The zero-order valence-corrected chi connectivity index (χ0v) is 31.0. The summed E-state index contributed by atoms with van der Waals surface area (Å²) in [5, 5.41) is 4.78. The third kappa shape index (κ3) is 6.61. The number of aromatic nitrogens is 2. The second-order valence-corrected chi connectivity index (χ2v) is 14.9. The minimum atomic E-state index is -0.285. The maximum atomic E-state index is 7.47. The lowest BCUT2D eigenvalue weighted by molar-refractivity contribution is 0.0966. The number of hydrogen-bond acceptors (Lipinski definition) is 6. The molecule has 6 heteroatoms. The Balaban J connectivity index is 1.27. The smallest absolute Gasteiger partial charge is 0.229 e. The molecular weight excluding hydrogens is 665 g/mol. The largest absolute Gasteiger partial charge is 0.467 e. The Bertz CT molecular complexity index is 2250. The van der Waals surface area contributed by atoms with Gasteiger partial charge in [0.2, 0.25) is 11.8 Å². The van der Waals surface area contributed by atoms with Crippen LogP contribution < -0.4 is 9.47 Å². The topological polar surface area (TPSA) is 50.7 Å². The molecule has 2 saturated heterocycles. The molecule has 6 nitrogen and oxygen atoms in total. The Morgan fingerprint density at radius 1 is 0.500 bits per heavy atom. The molecule has 7 aromatic rings. The van der Waals surface area contributed by atoms with E-state index in [1.807, 2.05) is 24.3 Å². The van der Waals surface area contributed by atoms with Crippen molar-refractivity contribution in [2.45, 2.75) is 50.0 Å². The van der Waals surface area contributed by atoms with Crippen molar-refractivity contribution in [1.29, 1.82) is 0 Å². The fourth-order valence-corrected chi connectivity index (χ4v) is 8.73. The van der Waals surface area contributed by atoms with Crippen LogP contribution in [0.1, 0.15) is 49.0 Å². The van der Waals surface area contributed by atoms with Crippen LogP contribution in [-0.2, 0) is 0 Å². The van der Waals surface area contributed by atoms with Gasteiger partial charge in [0.15, 0.2) is 5.82 Å². The number of benzene rings is 6. The van der Waals surface area contributed by atoms with Crippen LogP contribution >= 0.6 is 0 Å². The van der Waals surface area contributed by atoms with Crippen molar-refractivity contribution in [1.82, 2.24) is 19.8 Å². The summed E-state index contributed by atoms with van der Waals surface area (Å²) in [6, 6.07) is 51.3. The van der Waals surface area contributed by atoms with Gasteiger partial charge in [0.25, 0.3) is 0 Å². The van der Waals surface area contributed by atoms with Crippen LogP contribution in [0.15, 0.2) is 146 Å². The highest BCUT2D eigenvalue weighted by atomic mass is 16.5. The summed E-state index contributed by atoms with van der Waals surface area (Å²) in [5.74, 6) is 1.63. The minimum absolute atomic E-state index is 0.162. The van der Waals surface area contributed by atoms with Crippen molar-refractivity contribution < 1.29 is 9.47 Å². The second kappa shape index (κ2) is 15.1. The SMILES string of the molecule is CN1CCC[C@H]1[C@H](Oc1nc(-c2ccccc2)nc(O[C@H](c2cccc3ccccc23)[C@@H]2CCCN2C)c1-c1ccccc1)c1cccc2ccccc12. The molecule has 0 amide bonds. The van der Waals surface area contributed by atoms with Gasteiger partial charge in [0.05, 0.1) is 12.1 Å². The van der Waals surface area contributed by atoms with Crippen LogP contribution in [0.2, 0.25) is 0 Å². The predicted molar refractivity (Wildman–Crippen MR) is 219 cm³/mol. The molecule has 2 fully saturated rings. The van der Waals surface area contributed by atoms with E-state index < -0.39 is 0 Å². The number of likely N-dealkylation sites (N-methyl/N-ethyl adjacent to an activating group) is 2. The number of rotatable bonds is 10. The van der Waals surface area contributed by atoms with E-state index in [1.165, 1.54) is 21.5 Å². The zero-order valence-electron chi connectivity index (χ0n) is 31.0. The Morgan fingerprint density at radius 2 is 0.926 bits per heavy atom. The summed E-state index contributed by atoms with van der Waals surface area (Å²) in [6.45, 7) is 2.05. The van der Waals surface area contributed by atoms with Crippen molar-refractivity contribution in [3.05, 3.63) is 157 Å². The van der Waals surface area contributed by atoms with Crippen molar-refractivity contribution in [3.63, 3.8) is 0 Å². The minimum Gasteiger partial charge on any atom is -0.467 e. The average molecular weight is 711 g/mol. The Labute approximate surface area is 318 Å². The highest BCUT2D eigenvalue weighted by Gasteiger charge is 2.37. The molecule has 54 heavy (non-hydrogen) atoms. The van der Waals surface area contributed by atoms with Gasteiger partial charge in [0, 0.05) is 16.7 Å². The molecule has 0 spiro atoms. The number of hydrogen-bond donors (Lipinski definition) is 0. The van der Waals surface area contributed by atoms with Gasteiger partial charge in [-0.05, 0) is 80.0 Å². The lowest BCUT2D eigenvalue weighted by Crippen LogP contribution is -2.35. The summed E-state index contributed by atoms with van der Waals surface area (Å²) in [6.07, 6.45) is 3.72. The average Bonchev–Trinajstić information content (AvgIpc) is 3.86. The van der Waals surface area contributed by atoms with Gasteiger partial charge in [-0.1, -0.05) is 146 Å². The van der Waals surface area contributed by atoms with E-state index in [0.29, 0.717) is 17.6 Å². The van der Waals surface area contributed by atoms with Crippen LogP contribution in [0.5, 0.6) is 11.8 Å². The van der Waals surface area contributed by atoms with Crippen LogP contribution in [0.3, 0.4) is 0 Å². The Kier molecular flexibility index (Phi) is 9.54. The quantitative estimate of drug-likeness (QED) is 0.141. The second-order valence-electron chi connectivity index (χ2n) is 14.9. The lowest BCUT2D eigenvalue weighted by Gasteiger charge is -2.33. The van der Waals surface area contributed by atoms with E-state index in [-0.39, 0.29) is 24.3 Å². The molecule has 9 rings (SSSR count). The van der Waals surface area contributed by atoms with E-state index in [1.54, 1.807) is 0 Å². The molecule has 0 unspecified atom stereocenters. The Morgan fingerprint density at radius 3 is 1.39 bits per heavy atom. The van der Waals surface area contributed by atoms with Crippen LogP contribution in [0.25, 0.3) is 44.1 Å². The summed E-state index contributed by atoms with van der Waals surface area (Å²) in [7, 11) is 4.43. The molecule has 6 aromatic carbocycles. The molecule has 0 aliphatic carbocycles. The van der Waals surface area contributed by atoms with E-state index in [9.17, 15) is 0 Å². The van der Waals surface area contributed by atoms with Crippen LogP contribution in [-0.4, -0.2) is 59.0 Å². The summed E-state index contributed by atoms with van der Waals surface area (Å²) >= 11 is 0. The molecule has 2 aliphatic heterocycles.